The van der Waals surface area contributed by atoms with E-state index in [0.29, 0.717) is 23.6 Å². The Kier molecular flexibility index (Phi) is 3.65. The fourth-order valence-electron chi connectivity index (χ4n) is 2.54. The van der Waals surface area contributed by atoms with Gasteiger partial charge >= 0.3 is 5.97 Å². The van der Waals surface area contributed by atoms with Crippen molar-refractivity contribution in [2.45, 2.75) is 25.5 Å². The Labute approximate surface area is 109 Å². The molecule has 18 heavy (non-hydrogen) atoms. The van der Waals surface area contributed by atoms with Gasteiger partial charge < -0.3 is 20.8 Å². The summed E-state index contributed by atoms with van der Waals surface area (Å²) < 4.78 is 0. The van der Waals surface area contributed by atoms with Crippen molar-refractivity contribution in [2.75, 3.05) is 12.3 Å². The number of aliphatic hydroxyl groups excluding tert-OH is 1. The highest BCUT2D eigenvalue weighted by Crippen LogP contribution is 2.46. The number of aliphatic hydroxyl groups is 1. The van der Waals surface area contributed by atoms with Crippen molar-refractivity contribution >= 4 is 23.6 Å². The summed E-state index contributed by atoms with van der Waals surface area (Å²) in [4.78, 5) is 25.1. The molecular formula is C11H16N2O4S. The highest BCUT2D eigenvalue weighted by Gasteiger charge is 2.56. The van der Waals surface area contributed by atoms with E-state index < -0.39 is 18.0 Å². The zero-order valence-electron chi connectivity index (χ0n) is 10.00. The topological polar surface area (TPSA) is 104 Å². The summed E-state index contributed by atoms with van der Waals surface area (Å²) in [5.41, 5.74) is 5.47. The normalized spacial score (nSPS) is 28.2. The molecule has 0 unspecified atom stereocenters. The maximum Gasteiger partial charge on any atom is 0.353 e. The first-order valence-corrected chi connectivity index (χ1v) is 6.78. The van der Waals surface area contributed by atoms with Crippen LogP contribution in [-0.2, 0) is 9.59 Å². The molecule has 1 saturated heterocycles. The van der Waals surface area contributed by atoms with Crippen LogP contribution in [0.25, 0.3) is 0 Å². The van der Waals surface area contributed by atoms with E-state index in [1.165, 1.54) is 16.7 Å². The van der Waals surface area contributed by atoms with Gasteiger partial charge in [0.25, 0.3) is 0 Å². The number of carbonyl (C=O) groups excluding carboxylic acids is 1. The second-order valence-corrected chi connectivity index (χ2v) is 5.65. The molecule has 0 aromatic rings. The van der Waals surface area contributed by atoms with E-state index >= 15 is 0 Å². The van der Waals surface area contributed by atoms with E-state index in [4.69, 9.17) is 5.73 Å². The molecule has 6 nitrogen and oxygen atoms in total. The van der Waals surface area contributed by atoms with E-state index in [0.717, 1.165) is 0 Å². The molecule has 0 radical (unpaired) electrons. The Morgan fingerprint density at radius 2 is 2.33 bits per heavy atom. The number of carboxylic acids is 1. The zero-order valence-corrected chi connectivity index (χ0v) is 10.8. The van der Waals surface area contributed by atoms with Gasteiger partial charge in [0.15, 0.2) is 0 Å². The molecular weight excluding hydrogens is 256 g/mol. The lowest BCUT2D eigenvalue weighted by Gasteiger charge is -2.44. The molecule has 2 rings (SSSR count). The first-order chi connectivity index (χ1) is 8.49. The van der Waals surface area contributed by atoms with Gasteiger partial charge in [-0.25, -0.2) is 4.79 Å². The predicted octanol–water partition coefficient (Wildman–Crippen LogP) is -0.414. The Balaban J connectivity index is 2.21. The first-order valence-electron chi connectivity index (χ1n) is 5.79. The number of aliphatic carboxylic acids is 1. The number of nitrogens with zero attached hydrogens (tertiary/aromatic N) is 1. The molecule has 0 aromatic heterocycles. The van der Waals surface area contributed by atoms with Crippen molar-refractivity contribution in [1.29, 1.82) is 0 Å². The van der Waals surface area contributed by atoms with Gasteiger partial charge in [-0.3, -0.25) is 4.79 Å². The van der Waals surface area contributed by atoms with Crippen molar-refractivity contribution < 1.29 is 19.8 Å². The Morgan fingerprint density at radius 1 is 1.67 bits per heavy atom. The van der Waals surface area contributed by atoms with E-state index in [2.05, 4.69) is 0 Å². The summed E-state index contributed by atoms with van der Waals surface area (Å²) in [5.74, 6) is -1.24. The third-order valence-corrected chi connectivity index (χ3v) is 4.43. The van der Waals surface area contributed by atoms with E-state index in [-0.39, 0.29) is 17.6 Å². The number of hydrogen-bond acceptors (Lipinski definition) is 5. The second-order valence-electron chi connectivity index (χ2n) is 4.46. The third kappa shape index (κ3) is 1.92. The molecule has 1 fully saturated rings. The monoisotopic (exact) mass is 272 g/mol. The quantitative estimate of drug-likeness (QED) is 0.588. The molecule has 0 bridgehead atoms. The molecule has 7 heteroatoms. The largest absolute Gasteiger partial charge is 0.477 e. The number of β-lactam (4-membered cyclic amide) rings is 1. The molecule has 0 saturated carbocycles. The molecule has 3 atom stereocenters. The molecule has 0 aliphatic carbocycles. The molecule has 4 N–H and O–H groups in total. The minimum atomic E-state index is -1.09. The molecule has 100 valence electrons. The van der Waals surface area contributed by atoms with Gasteiger partial charge in [-0.05, 0) is 6.92 Å². The average Bonchev–Trinajstić information content (AvgIpc) is 2.60. The number of carbonyl (C=O) groups is 2. The Morgan fingerprint density at radius 3 is 2.83 bits per heavy atom. The van der Waals surface area contributed by atoms with Crippen LogP contribution in [0, 0.1) is 5.92 Å². The van der Waals surface area contributed by atoms with Gasteiger partial charge in [0.05, 0.1) is 18.1 Å². The van der Waals surface area contributed by atoms with E-state index in [1.54, 1.807) is 6.92 Å². The summed E-state index contributed by atoms with van der Waals surface area (Å²) >= 11 is 1.38. The molecule has 2 aliphatic rings. The first kappa shape index (κ1) is 13.4. The van der Waals surface area contributed by atoms with Crippen LogP contribution < -0.4 is 5.73 Å². The lowest BCUT2D eigenvalue weighted by atomic mass is 9.83. The van der Waals surface area contributed by atoms with Gasteiger partial charge in [0.2, 0.25) is 5.91 Å². The van der Waals surface area contributed by atoms with Crippen LogP contribution in [0.1, 0.15) is 13.3 Å². The summed E-state index contributed by atoms with van der Waals surface area (Å²) in [6.45, 7) is 2.02. The van der Waals surface area contributed by atoms with Crippen LogP contribution in [0.15, 0.2) is 10.6 Å². The van der Waals surface area contributed by atoms with E-state index in [9.17, 15) is 19.8 Å². The molecule has 1 amide bonds. The summed E-state index contributed by atoms with van der Waals surface area (Å²) in [5, 5.41) is 18.7. The molecule has 2 heterocycles. The highest BCUT2D eigenvalue weighted by atomic mass is 32.2. The fourth-order valence-corrected chi connectivity index (χ4v) is 3.52. The fraction of sp³-hybridized carbons (Fsp3) is 0.636. The van der Waals surface area contributed by atoms with Gasteiger partial charge in [0.1, 0.15) is 5.70 Å². The van der Waals surface area contributed by atoms with Crippen LogP contribution in [0.4, 0.5) is 0 Å². The van der Waals surface area contributed by atoms with Crippen molar-refractivity contribution in [3.05, 3.63) is 10.6 Å². The van der Waals surface area contributed by atoms with Crippen molar-refractivity contribution in [3.63, 3.8) is 0 Å². The van der Waals surface area contributed by atoms with Crippen LogP contribution in [0.3, 0.4) is 0 Å². The summed E-state index contributed by atoms with van der Waals surface area (Å²) in [6.07, 6.45) is -0.235. The Bertz CT molecular complexity index is 421. The molecule has 0 spiro atoms. The number of thioether (sulfide) groups is 1. The van der Waals surface area contributed by atoms with Gasteiger partial charge in [-0.2, -0.15) is 0 Å². The minimum Gasteiger partial charge on any atom is -0.477 e. The number of amides is 1. The number of carboxylic acid groups (broad SMARTS) is 1. The smallest absolute Gasteiger partial charge is 0.353 e. The highest BCUT2D eigenvalue weighted by molar-refractivity contribution is 8.03. The zero-order chi connectivity index (χ0) is 13.4. The molecule has 0 aromatic carbocycles. The number of fused-ring (bicyclic) bond motifs is 1. The molecule has 2 aliphatic heterocycles. The SMILES string of the molecule is C[C@H](O)[C@@H]1C(=O)N2C(C(=O)O)=C(SCCN)C[C@H]12. The van der Waals surface area contributed by atoms with Crippen LogP contribution in [0.5, 0.6) is 0 Å². The van der Waals surface area contributed by atoms with Crippen molar-refractivity contribution in [3.8, 4) is 0 Å². The lowest BCUT2D eigenvalue weighted by molar-refractivity contribution is -0.161. The summed E-state index contributed by atoms with van der Waals surface area (Å²) in [7, 11) is 0. The number of nitrogens with two attached hydrogens (primary N) is 1. The number of rotatable bonds is 5. The Hall–Kier alpha value is -1.05. The minimum absolute atomic E-state index is 0.0698. The van der Waals surface area contributed by atoms with Crippen LogP contribution in [0.2, 0.25) is 0 Å². The standard InChI is InChI=1S/C11H16N2O4S/c1-5(14)8-6-4-7(18-3-2-12)9(11(16)17)13(6)10(8)15/h5-6,8,14H,2-4,12H2,1H3,(H,16,17)/t5-,6+,8-/m0/s1. The van der Waals surface area contributed by atoms with Crippen LogP contribution >= 0.6 is 11.8 Å². The maximum atomic E-state index is 11.9. The van der Waals surface area contributed by atoms with Crippen molar-refractivity contribution in [1.82, 2.24) is 4.90 Å². The predicted molar refractivity (Wildman–Crippen MR) is 66.6 cm³/mol. The van der Waals surface area contributed by atoms with E-state index in [1.807, 2.05) is 0 Å². The van der Waals surface area contributed by atoms with Gasteiger partial charge in [-0.1, -0.05) is 0 Å². The third-order valence-electron chi connectivity index (χ3n) is 3.28. The van der Waals surface area contributed by atoms with Gasteiger partial charge in [0, 0.05) is 23.6 Å². The number of hydrogen-bond donors (Lipinski definition) is 3. The maximum absolute atomic E-state index is 11.9. The van der Waals surface area contributed by atoms with Crippen molar-refractivity contribution in [2.24, 2.45) is 11.7 Å². The lowest BCUT2D eigenvalue weighted by Crippen LogP contribution is -2.61. The second kappa shape index (κ2) is 4.91. The van der Waals surface area contributed by atoms with Gasteiger partial charge in [-0.15, -0.1) is 11.8 Å². The van der Waals surface area contributed by atoms with Crippen LogP contribution in [-0.4, -0.2) is 51.4 Å². The summed E-state index contributed by atoms with van der Waals surface area (Å²) in [6, 6.07) is -0.205. The average molecular weight is 272 g/mol.